The summed E-state index contributed by atoms with van der Waals surface area (Å²) in [6.45, 7) is 5.09. The van der Waals surface area contributed by atoms with Crippen LogP contribution in [0.15, 0.2) is 42.5 Å². The van der Waals surface area contributed by atoms with Gasteiger partial charge in [0.2, 0.25) is 5.91 Å². The summed E-state index contributed by atoms with van der Waals surface area (Å²) >= 11 is 0.708. The fourth-order valence-corrected chi connectivity index (χ4v) is 4.52. The summed E-state index contributed by atoms with van der Waals surface area (Å²) < 4.78 is 14.1. The molecule has 12 heteroatoms. The smallest absolute Gasteiger partial charge is 0.325 e. The number of methoxy groups -OCH3 is 1. The van der Waals surface area contributed by atoms with Gasteiger partial charge in [-0.25, -0.2) is 0 Å². The van der Waals surface area contributed by atoms with Crippen molar-refractivity contribution >= 4 is 46.6 Å². The van der Waals surface area contributed by atoms with Crippen LogP contribution in [0.2, 0.25) is 0 Å². The lowest BCUT2D eigenvalue weighted by molar-refractivity contribution is -0.143. The fraction of sp³-hybridized carbons (Fsp3) is 0.269. The van der Waals surface area contributed by atoms with Gasteiger partial charge in [-0.15, -0.1) is 0 Å². The van der Waals surface area contributed by atoms with E-state index in [0.717, 1.165) is 11.1 Å². The van der Waals surface area contributed by atoms with Crippen molar-refractivity contribution in [2.75, 3.05) is 30.9 Å². The number of carbonyl (C=O) groups excluding carboxylic acids is 4. The van der Waals surface area contributed by atoms with Gasteiger partial charge in [-0.3, -0.25) is 24.1 Å². The minimum atomic E-state index is -1.25. The normalized spacial score (nSPS) is 11.4. The highest BCUT2D eigenvalue weighted by Crippen LogP contribution is 2.36. The number of nitrogens with one attached hydrogen (secondary N) is 1. The highest BCUT2D eigenvalue weighted by Gasteiger charge is 2.37. The maximum atomic E-state index is 14.1. The molecule has 0 saturated heterocycles. The Morgan fingerprint density at radius 2 is 1.79 bits per heavy atom. The topological polar surface area (TPSA) is 167 Å². The molecule has 0 saturated carbocycles. The second kappa shape index (κ2) is 12.2. The van der Waals surface area contributed by atoms with E-state index in [4.69, 9.17) is 20.9 Å². The number of nitrogen functional groups attached to an aromatic ring is 1. The van der Waals surface area contributed by atoms with Gasteiger partial charge in [0.25, 0.3) is 11.8 Å². The first kappa shape index (κ1) is 28.1. The molecule has 0 fully saturated rings. The van der Waals surface area contributed by atoms with E-state index >= 15 is 0 Å². The number of benzene rings is 2. The van der Waals surface area contributed by atoms with Gasteiger partial charge >= 0.3 is 5.97 Å². The van der Waals surface area contributed by atoms with Gasteiger partial charge in [-0.1, -0.05) is 24.3 Å². The largest absolute Gasteiger partial charge is 0.497 e. The van der Waals surface area contributed by atoms with Crippen molar-refractivity contribution in [3.8, 4) is 5.75 Å². The molecule has 1 aromatic heterocycles. The third-order valence-corrected chi connectivity index (χ3v) is 6.71. The van der Waals surface area contributed by atoms with Gasteiger partial charge in [0.15, 0.2) is 5.69 Å². The number of hydrogen-bond donors (Lipinski definition) is 3. The molecule has 1 atom stereocenters. The summed E-state index contributed by atoms with van der Waals surface area (Å²) in [4.78, 5) is 52.8. The Morgan fingerprint density at radius 3 is 2.37 bits per heavy atom. The van der Waals surface area contributed by atoms with Crippen LogP contribution in [0.1, 0.15) is 49.8 Å². The number of anilines is 2. The molecule has 3 aromatic rings. The highest BCUT2D eigenvalue weighted by atomic mass is 32.1. The molecule has 2 aromatic carbocycles. The van der Waals surface area contributed by atoms with Crippen LogP contribution in [-0.4, -0.2) is 48.3 Å². The lowest BCUT2D eigenvalue weighted by Gasteiger charge is -2.32. The van der Waals surface area contributed by atoms with Crippen molar-refractivity contribution < 1.29 is 28.7 Å². The summed E-state index contributed by atoms with van der Waals surface area (Å²) in [6, 6.07) is 10.7. The number of amides is 3. The Labute approximate surface area is 223 Å². The van der Waals surface area contributed by atoms with Crippen molar-refractivity contribution in [2.45, 2.75) is 26.8 Å². The number of hydrogen-bond acceptors (Lipinski definition) is 9. The number of aromatic nitrogens is 1. The summed E-state index contributed by atoms with van der Waals surface area (Å²) in [5.74, 6) is -2.28. The van der Waals surface area contributed by atoms with Gasteiger partial charge in [0.05, 0.1) is 19.4 Å². The van der Waals surface area contributed by atoms with Crippen molar-refractivity contribution in [1.82, 2.24) is 9.69 Å². The molecule has 200 valence electrons. The Morgan fingerprint density at radius 1 is 1.11 bits per heavy atom. The molecule has 1 heterocycles. The van der Waals surface area contributed by atoms with Crippen LogP contribution in [0, 0.1) is 13.8 Å². The van der Waals surface area contributed by atoms with Crippen LogP contribution < -0.4 is 26.4 Å². The molecule has 0 aliphatic rings. The van der Waals surface area contributed by atoms with Crippen molar-refractivity contribution in [1.29, 1.82) is 0 Å². The number of ether oxygens (including phenoxy) is 2. The lowest BCUT2D eigenvalue weighted by atomic mass is 9.99. The van der Waals surface area contributed by atoms with Gasteiger partial charge in [0, 0.05) is 5.69 Å². The molecule has 5 N–H and O–H groups in total. The van der Waals surface area contributed by atoms with Gasteiger partial charge < -0.3 is 26.3 Å². The fourth-order valence-electron chi connectivity index (χ4n) is 3.77. The van der Waals surface area contributed by atoms with E-state index < -0.39 is 36.3 Å². The number of esters is 1. The standard InChI is InChI=1S/C26H29N5O6S/c1-5-37-19(32)13-29-25(34)22(16-9-11-17(36-4)12-10-16)31(18-8-6-7-14(2)15(18)3)26(35)23-20(27)21(24(28)33)30-38-23/h6-12,22H,5,13,27H2,1-4H3,(H2,28,33)(H,29,34). The second-order valence-corrected chi connectivity index (χ2v) is 9.00. The third-order valence-electron chi connectivity index (χ3n) is 5.86. The molecule has 38 heavy (non-hydrogen) atoms. The zero-order chi connectivity index (χ0) is 28.0. The number of nitrogens with zero attached hydrogens (tertiary/aromatic N) is 2. The van der Waals surface area contributed by atoms with Crippen LogP contribution in [0.5, 0.6) is 5.75 Å². The van der Waals surface area contributed by atoms with Crippen LogP contribution in [0.3, 0.4) is 0 Å². The monoisotopic (exact) mass is 539 g/mol. The third kappa shape index (κ3) is 5.92. The van der Waals surface area contributed by atoms with E-state index in [9.17, 15) is 19.2 Å². The number of carbonyl (C=O) groups is 4. The van der Waals surface area contributed by atoms with Crippen molar-refractivity contribution in [3.05, 3.63) is 69.7 Å². The first-order chi connectivity index (χ1) is 18.1. The minimum absolute atomic E-state index is 0.0589. The summed E-state index contributed by atoms with van der Waals surface area (Å²) in [6.07, 6.45) is 0. The summed E-state index contributed by atoms with van der Waals surface area (Å²) in [5, 5.41) is 2.57. The van der Waals surface area contributed by atoms with Gasteiger partial charge in [0.1, 0.15) is 23.2 Å². The molecule has 1 unspecified atom stereocenters. The molecule has 11 nitrogen and oxygen atoms in total. The SMILES string of the molecule is CCOC(=O)CNC(=O)C(c1ccc(OC)cc1)N(C(=O)c1snc(C(N)=O)c1N)c1cccc(C)c1C. The molecule has 0 spiro atoms. The van der Waals surface area contributed by atoms with E-state index in [-0.39, 0.29) is 22.9 Å². The Balaban J connectivity index is 2.21. The molecule has 0 aliphatic heterocycles. The van der Waals surface area contributed by atoms with E-state index in [2.05, 4.69) is 9.69 Å². The first-order valence-electron chi connectivity index (χ1n) is 11.6. The maximum absolute atomic E-state index is 14.1. The number of nitrogens with two attached hydrogens (primary N) is 2. The van der Waals surface area contributed by atoms with Crippen LogP contribution in [0.4, 0.5) is 11.4 Å². The second-order valence-electron chi connectivity index (χ2n) is 8.23. The minimum Gasteiger partial charge on any atom is -0.497 e. The number of aryl methyl sites for hydroxylation is 1. The number of primary amides is 1. The predicted molar refractivity (Wildman–Crippen MR) is 143 cm³/mol. The van der Waals surface area contributed by atoms with E-state index in [0.29, 0.717) is 28.5 Å². The van der Waals surface area contributed by atoms with Crippen molar-refractivity contribution in [3.63, 3.8) is 0 Å². The average Bonchev–Trinajstić information content (AvgIpc) is 3.29. The molecular weight excluding hydrogens is 510 g/mol. The molecule has 0 aliphatic carbocycles. The zero-order valence-corrected chi connectivity index (χ0v) is 22.3. The van der Waals surface area contributed by atoms with Crippen molar-refractivity contribution in [2.24, 2.45) is 5.73 Å². The van der Waals surface area contributed by atoms with E-state index in [1.807, 2.05) is 19.9 Å². The molecular formula is C26H29N5O6S. The lowest BCUT2D eigenvalue weighted by Crippen LogP contribution is -2.45. The average molecular weight is 540 g/mol. The number of rotatable bonds is 10. The zero-order valence-electron chi connectivity index (χ0n) is 21.4. The maximum Gasteiger partial charge on any atom is 0.325 e. The Bertz CT molecular complexity index is 1350. The molecule has 0 bridgehead atoms. The predicted octanol–water partition coefficient (Wildman–Crippen LogP) is 2.52. The van der Waals surface area contributed by atoms with Gasteiger partial charge in [-0.2, -0.15) is 4.37 Å². The van der Waals surface area contributed by atoms with Gasteiger partial charge in [-0.05, 0) is 67.2 Å². The van der Waals surface area contributed by atoms with Crippen LogP contribution in [0.25, 0.3) is 0 Å². The van der Waals surface area contributed by atoms with Crippen LogP contribution >= 0.6 is 11.5 Å². The Kier molecular flexibility index (Phi) is 9.02. The first-order valence-corrected chi connectivity index (χ1v) is 12.4. The van der Waals surface area contributed by atoms with E-state index in [1.165, 1.54) is 12.0 Å². The quantitative estimate of drug-likeness (QED) is 0.330. The highest BCUT2D eigenvalue weighted by molar-refractivity contribution is 7.09. The molecule has 3 rings (SSSR count). The van der Waals surface area contributed by atoms with Crippen LogP contribution in [-0.2, 0) is 14.3 Å². The Hall–Kier alpha value is -4.45. The van der Waals surface area contributed by atoms with E-state index in [1.54, 1.807) is 43.3 Å². The summed E-state index contributed by atoms with van der Waals surface area (Å²) in [5.41, 5.74) is 13.5. The summed E-state index contributed by atoms with van der Waals surface area (Å²) in [7, 11) is 1.51. The molecule has 0 radical (unpaired) electrons. The molecule has 3 amide bonds.